The summed E-state index contributed by atoms with van der Waals surface area (Å²) in [4.78, 5) is 0. The maximum atomic E-state index is 13.8. The van der Waals surface area contributed by atoms with Crippen molar-refractivity contribution in [3.63, 3.8) is 0 Å². The maximum absolute atomic E-state index is 13.8. The number of nitrogens with one attached hydrogen (secondary N) is 1. The van der Waals surface area contributed by atoms with E-state index < -0.39 is 17.6 Å². The van der Waals surface area contributed by atoms with Gasteiger partial charge in [0.2, 0.25) is 0 Å². The van der Waals surface area contributed by atoms with Crippen LogP contribution in [0.15, 0.2) is 18.2 Å². The lowest BCUT2D eigenvalue weighted by Crippen LogP contribution is -2.11. The van der Waals surface area contributed by atoms with Crippen molar-refractivity contribution in [2.24, 2.45) is 5.41 Å². The molecule has 1 aliphatic carbocycles. The molecular formula is C13H13F4N. The highest BCUT2D eigenvalue weighted by Crippen LogP contribution is 2.63. The molecule has 0 amide bonds. The summed E-state index contributed by atoms with van der Waals surface area (Å²) in [6.07, 6.45) is -2.62. The highest BCUT2D eigenvalue weighted by molar-refractivity contribution is 5.35. The van der Waals surface area contributed by atoms with Gasteiger partial charge in [-0.25, -0.2) is 4.39 Å². The van der Waals surface area contributed by atoms with Gasteiger partial charge in [0.1, 0.15) is 5.82 Å². The zero-order valence-electron chi connectivity index (χ0n) is 9.65. The lowest BCUT2D eigenvalue weighted by Gasteiger charge is -2.11. The highest BCUT2D eigenvalue weighted by Gasteiger charge is 2.56. The van der Waals surface area contributed by atoms with Crippen LogP contribution in [0.3, 0.4) is 0 Å². The van der Waals surface area contributed by atoms with Gasteiger partial charge in [-0.3, -0.25) is 0 Å². The molecule has 3 rings (SSSR count). The van der Waals surface area contributed by atoms with Crippen LogP contribution in [0.2, 0.25) is 0 Å². The number of rotatable bonds is 1. The van der Waals surface area contributed by atoms with Crippen LogP contribution < -0.4 is 5.32 Å². The first kappa shape index (κ1) is 12.0. The molecule has 2 aliphatic rings. The zero-order chi connectivity index (χ0) is 13.0. The van der Waals surface area contributed by atoms with E-state index in [1.165, 1.54) is 6.07 Å². The Kier molecular flexibility index (Phi) is 2.46. The van der Waals surface area contributed by atoms with Crippen molar-refractivity contribution in [3.05, 3.63) is 35.1 Å². The van der Waals surface area contributed by atoms with Gasteiger partial charge in [-0.1, -0.05) is 6.07 Å². The molecule has 1 aromatic carbocycles. The molecule has 1 aliphatic heterocycles. The molecule has 18 heavy (non-hydrogen) atoms. The van der Waals surface area contributed by atoms with Crippen LogP contribution in [0.5, 0.6) is 0 Å². The van der Waals surface area contributed by atoms with Crippen LogP contribution in [0.4, 0.5) is 17.6 Å². The molecule has 1 saturated carbocycles. The van der Waals surface area contributed by atoms with Crippen LogP contribution in [0.25, 0.3) is 0 Å². The number of hydrogen-bond acceptors (Lipinski definition) is 1. The van der Waals surface area contributed by atoms with Crippen LogP contribution in [0.1, 0.15) is 29.9 Å². The third kappa shape index (κ3) is 1.81. The average molecular weight is 259 g/mol. The Morgan fingerprint density at radius 1 is 1.28 bits per heavy atom. The van der Waals surface area contributed by atoms with Crippen molar-refractivity contribution in [2.75, 3.05) is 13.1 Å². The van der Waals surface area contributed by atoms with Crippen molar-refractivity contribution >= 4 is 0 Å². The molecule has 1 nitrogen and oxygen atoms in total. The normalized spacial score (nSPS) is 31.0. The van der Waals surface area contributed by atoms with Crippen molar-refractivity contribution in [2.45, 2.75) is 24.9 Å². The fourth-order valence-corrected chi connectivity index (χ4v) is 3.01. The van der Waals surface area contributed by atoms with Crippen molar-refractivity contribution in [1.29, 1.82) is 0 Å². The Balaban J connectivity index is 1.87. The van der Waals surface area contributed by atoms with Gasteiger partial charge in [0.25, 0.3) is 0 Å². The molecule has 1 N–H and O–H groups in total. The zero-order valence-corrected chi connectivity index (χ0v) is 9.65. The van der Waals surface area contributed by atoms with E-state index in [2.05, 4.69) is 5.32 Å². The van der Waals surface area contributed by atoms with E-state index in [9.17, 15) is 17.6 Å². The molecule has 2 fully saturated rings. The molecule has 5 heteroatoms. The monoisotopic (exact) mass is 259 g/mol. The molecule has 2 atom stereocenters. The molecule has 1 aromatic rings. The first-order valence-electron chi connectivity index (χ1n) is 6.00. The summed E-state index contributed by atoms with van der Waals surface area (Å²) in [7, 11) is 0. The van der Waals surface area contributed by atoms with Crippen LogP contribution in [-0.4, -0.2) is 13.1 Å². The lowest BCUT2D eigenvalue weighted by molar-refractivity contribution is -0.137. The van der Waals surface area contributed by atoms with Crippen molar-refractivity contribution < 1.29 is 17.6 Å². The Morgan fingerprint density at radius 3 is 2.61 bits per heavy atom. The smallest absolute Gasteiger partial charge is 0.316 e. The molecule has 0 aromatic heterocycles. The van der Waals surface area contributed by atoms with Gasteiger partial charge < -0.3 is 5.32 Å². The van der Waals surface area contributed by atoms with E-state index >= 15 is 0 Å². The van der Waals surface area contributed by atoms with E-state index in [1.807, 2.05) is 0 Å². The van der Waals surface area contributed by atoms with Gasteiger partial charge in [0.05, 0.1) is 5.56 Å². The second-order valence-electron chi connectivity index (χ2n) is 5.28. The van der Waals surface area contributed by atoms with Crippen LogP contribution in [-0.2, 0) is 6.18 Å². The first-order chi connectivity index (χ1) is 8.42. The molecule has 1 spiro atoms. The van der Waals surface area contributed by atoms with Gasteiger partial charge in [0, 0.05) is 6.54 Å². The fraction of sp³-hybridized carbons (Fsp3) is 0.538. The molecular weight excluding hydrogens is 246 g/mol. The molecule has 0 radical (unpaired) electrons. The van der Waals surface area contributed by atoms with Gasteiger partial charge in [-0.15, -0.1) is 0 Å². The van der Waals surface area contributed by atoms with E-state index in [0.717, 1.165) is 32.0 Å². The topological polar surface area (TPSA) is 12.0 Å². The minimum Gasteiger partial charge on any atom is -0.316 e. The summed E-state index contributed by atoms with van der Waals surface area (Å²) >= 11 is 0. The standard InChI is InChI=1S/C13H13F4N/c14-11-5-8(13(15,16)17)1-2-9(11)10-6-12(10)3-4-18-7-12/h1-2,5,10,18H,3-4,6-7H2/t10-,12-/m0/s1. The lowest BCUT2D eigenvalue weighted by atomic mass is 9.97. The Labute approximate surface area is 102 Å². The first-order valence-corrected chi connectivity index (χ1v) is 6.00. The molecule has 0 unspecified atom stereocenters. The van der Waals surface area contributed by atoms with E-state index in [1.54, 1.807) is 0 Å². The summed E-state index contributed by atoms with van der Waals surface area (Å²) in [6, 6.07) is 2.90. The Bertz CT molecular complexity index is 474. The molecule has 1 heterocycles. The predicted molar refractivity (Wildman–Crippen MR) is 58.7 cm³/mol. The van der Waals surface area contributed by atoms with E-state index in [0.29, 0.717) is 11.6 Å². The molecule has 98 valence electrons. The van der Waals surface area contributed by atoms with Crippen LogP contribution in [0, 0.1) is 11.2 Å². The molecule has 1 saturated heterocycles. The fourth-order valence-electron chi connectivity index (χ4n) is 3.01. The van der Waals surface area contributed by atoms with E-state index in [-0.39, 0.29) is 11.3 Å². The quantitative estimate of drug-likeness (QED) is 0.763. The number of alkyl halides is 3. The van der Waals surface area contributed by atoms with Crippen molar-refractivity contribution in [3.8, 4) is 0 Å². The number of halogens is 4. The third-order valence-electron chi connectivity index (χ3n) is 4.17. The summed E-state index contributed by atoms with van der Waals surface area (Å²) in [6.45, 7) is 1.76. The minimum atomic E-state index is -4.48. The average Bonchev–Trinajstić information content (AvgIpc) is 2.75. The van der Waals surface area contributed by atoms with Crippen molar-refractivity contribution in [1.82, 2.24) is 5.32 Å². The van der Waals surface area contributed by atoms with Gasteiger partial charge >= 0.3 is 6.18 Å². The minimum absolute atomic E-state index is 0.0785. The molecule has 0 bridgehead atoms. The second-order valence-corrected chi connectivity index (χ2v) is 5.28. The Hall–Kier alpha value is -1.10. The summed E-state index contributed by atoms with van der Waals surface area (Å²) in [5, 5.41) is 3.23. The van der Waals surface area contributed by atoms with Crippen LogP contribution >= 0.6 is 0 Å². The second kappa shape index (κ2) is 3.70. The number of benzene rings is 1. The Morgan fingerprint density at radius 2 is 2.06 bits per heavy atom. The third-order valence-corrected chi connectivity index (χ3v) is 4.17. The maximum Gasteiger partial charge on any atom is 0.416 e. The summed E-state index contributed by atoms with van der Waals surface area (Å²) in [5.74, 6) is -0.645. The summed E-state index contributed by atoms with van der Waals surface area (Å²) in [5.41, 5.74) is -0.379. The van der Waals surface area contributed by atoms with Gasteiger partial charge in [0.15, 0.2) is 0 Å². The van der Waals surface area contributed by atoms with E-state index in [4.69, 9.17) is 0 Å². The SMILES string of the molecule is Fc1cc(C(F)(F)F)ccc1[C@@H]1C[C@]12CCNC2. The highest BCUT2D eigenvalue weighted by atomic mass is 19.4. The van der Waals surface area contributed by atoms with Gasteiger partial charge in [-0.2, -0.15) is 13.2 Å². The number of hydrogen-bond donors (Lipinski definition) is 1. The predicted octanol–water partition coefficient (Wildman–Crippen LogP) is 3.31. The summed E-state index contributed by atoms with van der Waals surface area (Å²) < 4.78 is 51.1. The van der Waals surface area contributed by atoms with Gasteiger partial charge in [-0.05, 0) is 48.4 Å². The largest absolute Gasteiger partial charge is 0.416 e.